The summed E-state index contributed by atoms with van der Waals surface area (Å²) >= 11 is 1.53. The summed E-state index contributed by atoms with van der Waals surface area (Å²) in [4.78, 5) is 0. The average molecular weight is 307 g/mol. The van der Waals surface area contributed by atoms with Gasteiger partial charge in [-0.25, -0.2) is 4.39 Å². The molecule has 0 spiro atoms. The minimum atomic E-state index is -0.225. The molecule has 0 saturated heterocycles. The number of hydrogen-bond donors (Lipinski definition) is 2. The Morgan fingerprint density at radius 2 is 2.00 bits per heavy atom. The Balaban J connectivity index is 1.55. The van der Waals surface area contributed by atoms with Crippen molar-refractivity contribution in [1.29, 1.82) is 0 Å². The van der Waals surface area contributed by atoms with Crippen LogP contribution in [0.5, 0.6) is 0 Å². The van der Waals surface area contributed by atoms with Crippen molar-refractivity contribution < 1.29 is 9.50 Å². The lowest BCUT2D eigenvalue weighted by atomic mass is 10.0. The van der Waals surface area contributed by atoms with Crippen LogP contribution in [-0.2, 0) is 6.42 Å². The average Bonchev–Trinajstić information content (AvgIpc) is 3.10. The molecule has 1 aliphatic rings. The fourth-order valence-corrected chi connectivity index (χ4v) is 3.14. The number of nitrogens with one attached hydrogen (secondary N) is 1. The number of rotatable bonds is 7. The Kier molecular flexibility index (Phi) is 4.17. The lowest BCUT2D eigenvalue weighted by Crippen LogP contribution is -2.16. The molecule has 1 aromatic heterocycles. The Morgan fingerprint density at radius 3 is 2.67 bits per heavy atom. The summed E-state index contributed by atoms with van der Waals surface area (Å²) in [7, 11) is 0. The maximum atomic E-state index is 12.9. The van der Waals surface area contributed by atoms with E-state index in [0.717, 1.165) is 28.7 Å². The lowest BCUT2D eigenvalue weighted by molar-refractivity contribution is 0.253. The summed E-state index contributed by atoms with van der Waals surface area (Å²) in [5.41, 5.74) is 1.29. The van der Waals surface area contributed by atoms with Crippen LogP contribution in [0.3, 0.4) is 0 Å². The van der Waals surface area contributed by atoms with E-state index in [9.17, 15) is 4.39 Å². The molecular weight excluding hydrogens is 289 g/mol. The predicted octanol–water partition coefficient (Wildman–Crippen LogP) is 2.84. The molecule has 112 valence electrons. The Morgan fingerprint density at radius 1 is 1.24 bits per heavy atom. The monoisotopic (exact) mass is 307 g/mol. The first-order valence-electron chi connectivity index (χ1n) is 7.11. The molecule has 0 unspecified atom stereocenters. The lowest BCUT2D eigenvalue weighted by Gasteiger charge is -2.13. The fourth-order valence-electron chi connectivity index (χ4n) is 2.37. The van der Waals surface area contributed by atoms with E-state index in [1.165, 1.54) is 36.3 Å². The third-order valence-electron chi connectivity index (χ3n) is 3.95. The smallest absolute Gasteiger partial charge is 0.205 e. The topological polar surface area (TPSA) is 58.0 Å². The molecule has 0 atom stereocenters. The van der Waals surface area contributed by atoms with Crippen LogP contribution in [0.15, 0.2) is 24.3 Å². The highest BCUT2D eigenvalue weighted by molar-refractivity contribution is 7.15. The van der Waals surface area contributed by atoms with Crippen molar-refractivity contribution in [2.45, 2.75) is 25.7 Å². The van der Waals surface area contributed by atoms with E-state index < -0.39 is 0 Å². The Labute approximate surface area is 127 Å². The van der Waals surface area contributed by atoms with Crippen LogP contribution in [0.25, 0.3) is 0 Å². The summed E-state index contributed by atoms with van der Waals surface area (Å²) in [5, 5.41) is 22.4. The Hall–Kier alpha value is -1.53. The maximum absolute atomic E-state index is 12.9. The zero-order chi connectivity index (χ0) is 14.7. The largest absolute Gasteiger partial charge is 0.396 e. The Bertz CT molecular complexity index is 595. The van der Waals surface area contributed by atoms with Gasteiger partial charge in [0.25, 0.3) is 0 Å². The third-order valence-corrected chi connectivity index (χ3v) is 4.83. The van der Waals surface area contributed by atoms with E-state index in [4.69, 9.17) is 5.11 Å². The van der Waals surface area contributed by atoms with Crippen molar-refractivity contribution in [3.05, 3.63) is 40.7 Å². The summed E-state index contributed by atoms with van der Waals surface area (Å²) in [6, 6.07) is 6.46. The first-order valence-corrected chi connectivity index (χ1v) is 7.92. The van der Waals surface area contributed by atoms with Crippen LogP contribution in [0.4, 0.5) is 9.52 Å². The van der Waals surface area contributed by atoms with Crippen LogP contribution < -0.4 is 5.32 Å². The molecule has 0 amide bonds. The zero-order valence-corrected chi connectivity index (χ0v) is 12.5. The molecule has 1 saturated carbocycles. The van der Waals surface area contributed by atoms with Gasteiger partial charge in [0.1, 0.15) is 10.8 Å². The highest BCUT2D eigenvalue weighted by Crippen LogP contribution is 2.48. The molecule has 2 aromatic rings. The summed E-state index contributed by atoms with van der Waals surface area (Å²) in [5.74, 6) is -0.225. The van der Waals surface area contributed by atoms with Gasteiger partial charge in [-0.15, -0.1) is 10.2 Å². The summed E-state index contributed by atoms with van der Waals surface area (Å²) in [6.07, 6.45) is 3.85. The van der Waals surface area contributed by atoms with Gasteiger partial charge in [0.15, 0.2) is 0 Å². The number of halogens is 1. The second-order valence-corrected chi connectivity index (χ2v) is 6.69. The quantitative estimate of drug-likeness (QED) is 0.826. The van der Waals surface area contributed by atoms with E-state index in [1.54, 1.807) is 12.1 Å². The van der Waals surface area contributed by atoms with Gasteiger partial charge in [-0.3, -0.25) is 0 Å². The first-order chi connectivity index (χ1) is 10.2. The van der Waals surface area contributed by atoms with Crippen molar-refractivity contribution in [2.75, 3.05) is 18.5 Å². The van der Waals surface area contributed by atoms with Gasteiger partial charge in [-0.2, -0.15) is 0 Å². The molecule has 1 aromatic carbocycles. The van der Waals surface area contributed by atoms with Crippen molar-refractivity contribution in [3.63, 3.8) is 0 Å². The minimum absolute atomic E-state index is 0.225. The van der Waals surface area contributed by atoms with Gasteiger partial charge in [-0.1, -0.05) is 23.5 Å². The number of hydrogen-bond acceptors (Lipinski definition) is 5. The van der Waals surface area contributed by atoms with Gasteiger partial charge in [0.05, 0.1) is 0 Å². The number of aliphatic hydroxyl groups excluding tert-OH is 1. The standard InChI is InChI=1S/C15H18FN3OS/c16-12-3-1-11(2-4-12)9-13-18-19-14(21-13)17-10-15(5-6-15)7-8-20/h1-4,20H,5-10H2,(H,17,19). The molecule has 1 fully saturated rings. The number of nitrogens with zero attached hydrogens (tertiary/aromatic N) is 2. The minimum Gasteiger partial charge on any atom is -0.396 e. The van der Waals surface area contributed by atoms with Crippen molar-refractivity contribution in [3.8, 4) is 0 Å². The second kappa shape index (κ2) is 6.07. The van der Waals surface area contributed by atoms with Crippen molar-refractivity contribution >= 4 is 16.5 Å². The molecular formula is C15H18FN3OS. The van der Waals surface area contributed by atoms with E-state index in [1.807, 2.05) is 0 Å². The SMILES string of the molecule is OCCC1(CNc2nnc(Cc3ccc(F)cc3)s2)CC1. The molecule has 6 heteroatoms. The third kappa shape index (κ3) is 3.77. The fraction of sp³-hybridized carbons (Fsp3) is 0.467. The normalized spacial score (nSPS) is 15.9. The van der Waals surface area contributed by atoms with Gasteiger partial charge < -0.3 is 10.4 Å². The van der Waals surface area contributed by atoms with Gasteiger partial charge in [0.2, 0.25) is 5.13 Å². The summed E-state index contributed by atoms with van der Waals surface area (Å²) < 4.78 is 12.9. The number of anilines is 1. The van der Waals surface area contributed by atoms with E-state index in [2.05, 4.69) is 15.5 Å². The van der Waals surface area contributed by atoms with E-state index in [-0.39, 0.29) is 17.8 Å². The van der Waals surface area contributed by atoms with Crippen LogP contribution in [0.2, 0.25) is 0 Å². The first kappa shape index (κ1) is 14.4. The van der Waals surface area contributed by atoms with Crippen LogP contribution >= 0.6 is 11.3 Å². The second-order valence-electron chi connectivity index (χ2n) is 5.63. The van der Waals surface area contributed by atoms with Gasteiger partial charge in [-0.05, 0) is 42.4 Å². The van der Waals surface area contributed by atoms with Crippen molar-refractivity contribution in [1.82, 2.24) is 10.2 Å². The number of benzene rings is 1. The van der Waals surface area contributed by atoms with Gasteiger partial charge >= 0.3 is 0 Å². The molecule has 0 radical (unpaired) electrons. The van der Waals surface area contributed by atoms with E-state index >= 15 is 0 Å². The zero-order valence-electron chi connectivity index (χ0n) is 11.7. The van der Waals surface area contributed by atoms with Crippen LogP contribution in [-0.4, -0.2) is 28.5 Å². The molecule has 0 bridgehead atoms. The molecule has 2 N–H and O–H groups in total. The highest BCUT2D eigenvalue weighted by Gasteiger charge is 2.41. The number of aromatic nitrogens is 2. The van der Waals surface area contributed by atoms with Crippen LogP contribution in [0, 0.1) is 11.2 Å². The molecule has 1 aliphatic carbocycles. The molecule has 3 rings (SSSR count). The molecule has 21 heavy (non-hydrogen) atoms. The molecule has 1 heterocycles. The number of aliphatic hydroxyl groups is 1. The summed E-state index contributed by atoms with van der Waals surface area (Å²) in [6.45, 7) is 1.09. The molecule has 4 nitrogen and oxygen atoms in total. The van der Waals surface area contributed by atoms with E-state index in [0.29, 0.717) is 6.42 Å². The highest BCUT2D eigenvalue weighted by atomic mass is 32.1. The molecule has 0 aliphatic heterocycles. The van der Waals surface area contributed by atoms with Crippen molar-refractivity contribution in [2.24, 2.45) is 5.41 Å². The van der Waals surface area contributed by atoms with Crippen LogP contribution in [0.1, 0.15) is 29.8 Å². The van der Waals surface area contributed by atoms with Gasteiger partial charge in [0, 0.05) is 19.6 Å². The predicted molar refractivity (Wildman–Crippen MR) is 81.0 cm³/mol. The maximum Gasteiger partial charge on any atom is 0.205 e.